The van der Waals surface area contributed by atoms with Gasteiger partial charge in [0.05, 0.1) is 13.2 Å². The molecule has 6 nitrogen and oxygen atoms in total. The molecule has 1 aliphatic heterocycles. The molecule has 1 amide bonds. The number of benzene rings is 1. The maximum atomic E-state index is 12.2. The van der Waals surface area contributed by atoms with Gasteiger partial charge in [-0.3, -0.25) is 4.79 Å². The highest BCUT2D eigenvalue weighted by molar-refractivity contribution is 5.80. The molecular weight excluding hydrogens is 298 g/mol. The first-order valence-electron chi connectivity index (χ1n) is 7.91. The van der Waals surface area contributed by atoms with Crippen LogP contribution in [0.5, 0.6) is 0 Å². The Balaban J connectivity index is 1.78. The number of hydrogen-bond acceptors (Lipinski definition) is 5. The number of carbonyl (C=O) groups is 1. The Morgan fingerprint density at radius 2 is 2.09 bits per heavy atom. The highest BCUT2D eigenvalue weighted by atomic mass is 16.6. The first kappa shape index (κ1) is 17.9. The van der Waals surface area contributed by atoms with E-state index >= 15 is 0 Å². The zero-order valence-electron chi connectivity index (χ0n) is 13.5. The molecular formula is C17H25NO5. The summed E-state index contributed by atoms with van der Waals surface area (Å²) >= 11 is 0. The monoisotopic (exact) mass is 323 g/mol. The topological polar surface area (TPSA) is 88.0 Å². The van der Waals surface area contributed by atoms with Crippen LogP contribution in [0.15, 0.2) is 30.3 Å². The molecule has 0 saturated carbocycles. The van der Waals surface area contributed by atoms with Crippen LogP contribution < -0.4 is 5.32 Å². The van der Waals surface area contributed by atoms with Gasteiger partial charge in [-0.25, -0.2) is 0 Å². The van der Waals surface area contributed by atoms with E-state index in [0.29, 0.717) is 0 Å². The van der Waals surface area contributed by atoms with E-state index in [1.807, 2.05) is 37.3 Å². The number of nitrogens with one attached hydrogen (secondary N) is 1. The van der Waals surface area contributed by atoms with E-state index in [1.54, 1.807) is 6.92 Å². The summed E-state index contributed by atoms with van der Waals surface area (Å²) in [4.78, 5) is 12.2. The van der Waals surface area contributed by atoms with Gasteiger partial charge in [0.2, 0.25) is 5.91 Å². The lowest BCUT2D eigenvalue weighted by Crippen LogP contribution is -2.44. The van der Waals surface area contributed by atoms with Gasteiger partial charge in [-0.1, -0.05) is 30.3 Å². The number of amides is 1. The molecule has 1 fully saturated rings. The number of rotatable bonds is 7. The fourth-order valence-electron chi connectivity index (χ4n) is 2.64. The second-order valence-electron chi connectivity index (χ2n) is 5.96. The number of ether oxygens (including phenoxy) is 2. The predicted molar refractivity (Wildman–Crippen MR) is 84.9 cm³/mol. The molecule has 1 heterocycles. The number of carbonyl (C=O) groups excluding carboxylic acids is 1. The van der Waals surface area contributed by atoms with Gasteiger partial charge >= 0.3 is 0 Å². The van der Waals surface area contributed by atoms with Crippen molar-refractivity contribution in [3.05, 3.63) is 35.9 Å². The third-order valence-electron chi connectivity index (χ3n) is 3.94. The van der Waals surface area contributed by atoms with Crippen molar-refractivity contribution in [2.75, 3.05) is 13.2 Å². The van der Waals surface area contributed by atoms with E-state index in [1.165, 1.54) is 0 Å². The van der Waals surface area contributed by atoms with Crippen LogP contribution in [0.25, 0.3) is 0 Å². The molecule has 1 unspecified atom stereocenters. The zero-order valence-corrected chi connectivity index (χ0v) is 13.5. The third kappa shape index (κ3) is 5.00. The molecule has 2 rings (SSSR count). The fraction of sp³-hybridized carbons (Fsp3) is 0.588. The Kier molecular flexibility index (Phi) is 6.53. The second-order valence-corrected chi connectivity index (χ2v) is 5.96. The van der Waals surface area contributed by atoms with Gasteiger partial charge in [0.15, 0.2) is 0 Å². The number of aliphatic hydroxyl groups is 2. The largest absolute Gasteiger partial charge is 0.394 e. The van der Waals surface area contributed by atoms with Crippen molar-refractivity contribution in [2.45, 2.75) is 50.7 Å². The average Bonchev–Trinajstić information content (AvgIpc) is 2.88. The Hall–Kier alpha value is -1.47. The molecule has 5 atom stereocenters. The number of hydrogen-bond donors (Lipinski definition) is 3. The Bertz CT molecular complexity index is 495. The molecule has 1 aromatic carbocycles. The Morgan fingerprint density at radius 3 is 2.70 bits per heavy atom. The molecule has 3 N–H and O–H groups in total. The normalized spacial score (nSPS) is 26.7. The van der Waals surface area contributed by atoms with Crippen LogP contribution >= 0.6 is 0 Å². The van der Waals surface area contributed by atoms with Crippen LogP contribution in [-0.2, 0) is 20.7 Å². The SMILES string of the molecule is C[C@@H](Cc1ccccc1)NC(=O)[C@@H](C)O[C@@H]1COC(CO)[C@H]1O. The van der Waals surface area contributed by atoms with Gasteiger partial charge in [-0.2, -0.15) is 0 Å². The quantitative estimate of drug-likeness (QED) is 0.670. The van der Waals surface area contributed by atoms with Gasteiger partial charge in [-0.05, 0) is 25.8 Å². The van der Waals surface area contributed by atoms with Gasteiger partial charge in [0.1, 0.15) is 24.4 Å². The molecule has 6 heteroatoms. The minimum atomic E-state index is -0.919. The van der Waals surface area contributed by atoms with Crippen molar-refractivity contribution in [3.63, 3.8) is 0 Å². The van der Waals surface area contributed by atoms with Gasteiger partial charge in [-0.15, -0.1) is 0 Å². The van der Waals surface area contributed by atoms with Crippen molar-refractivity contribution in [2.24, 2.45) is 0 Å². The van der Waals surface area contributed by atoms with Crippen LogP contribution in [-0.4, -0.2) is 59.8 Å². The Morgan fingerprint density at radius 1 is 1.39 bits per heavy atom. The standard InChI is InChI=1S/C17H25NO5/c1-11(8-13-6-4-3-5-7-13)18-17(21)12(2)23-15-10-22-14(9-19)16(15)20/h3-7,11-12,14-16,19-20H,8-10H2,1-2H3,(H,18,21)/t11-,12+,14?,15+,16+/m0/s1. The summed E-state index contributed by atoms with van der Waals surface area (Å²) in [6.07, 6.45) is -2.13. The lowest BCUT2D eigenvalue weighted by molar-refractivity contribution is -0.139. The highest BCUT2D eigenvalue weighted by Gasteiger charge is 2.38. The average molecular weight is 323 g/mol. The van der Waals surface area contributed by atoms with Crippen molar-refractivity contribution in [3.8, 4) is 0 Å². The van der Waals surface area contributed by atoms with Crippen LogP contribution in [0.4, 0.5) is 0 Å². The van der Waals surface area contributed by atoms with Crippen LogP contribution in [0.2, 0.25) is 0 Å². The van der Waals surface area contributed by atoms with E-state index in [2.05, 4.69) is 5.32 Å². The van der Waals surface area contributed by atoms with Crippen molar-refractivity contribution >= 4 is 5.91 Å². The lowest BCUT2D eigenvalue weighted by Gasteiger charge is -2.22. The second kappa shape index (κ2) is 8.40. The van der Waals surface area contributed by atoms with E-state index in [-0.39, 0.29) is 25.2 Å². The summed E-state index contributed by atoms with van der Waals surface area (Å²) in [7, 11) is 0. The third-order valence-corrected chi connectivity index (χ3v) is 3.94. The summed E-state index contributed by atoms with van der Waals surface area (Å²) < 4.78 is 10.8. The minimum Gasteiger partial charge on any atom is -0.394 e. The van der Waals surface area contributed by atoms with Gasteiger partial charge in [0.25, 0.3) is 0 Å². The first-order chi connectivity index (χ1) is 11.0. The van der Waals surface area contributed by atoms with Crippen molar-refractivity contribution < 1.29 is 24.5 Å². The predicted octanol–water partition coefficient (Wildman–Crippen LogP) is 0.259. The molecule has 0 aromatic heterocycles. The summed E-state index contributed by atoms with van der Waals surface area (Å²) in [6.45, 7) is 3.48. The van der Waals surface area contributed by atoms with Crippen LogP contribution in [0.1, 0.15) is 19.4 Å². The molecule has 1 saturated heterocycles. The molecule has 0 radical (unpaired) electrons. The first-order valence-corrected chi connectivity index (χ1v) is 7.91. The van der Waals surface area contributed by atoms with Crippen molar-refractivity contribution in [1.29, 1.82) is 0 Å². The maximum absolute atomic E-state index is 12.2. The van der Waals surface area contributed by atoms with E-state index in [0.717, 1.165) is 12.0 Å². The molecule has 0 spiro atoms. The molecule has 23 heavy (non-hydrogen) atoms. The summed E-state index contributed by atoms with van der Waals surface area (Å²) in [5, 5.41) is 21.9. The van der Waals surface area contributed by atoms with Crippen molar-refractivity contribution in [1.82, 2.24) is 5.32 Å². The summed E-state index contributed by atoms with van der Waals surface area (Å²) in [6, 6.07) is 9.90. The van der Waals surface area contributed by atoms with Crippen LogP contribution in [0, 0.1) is 0 Å². The number of aliphatic hydroxyl groups excluding tert-OH is 2. The molecule has 1 aliphatic rings. The van der Waals surface area contributed by atoms with Gasteiger partial charge in [0, 0.05) is 6.04 Å². The molecule has 128 valence electrons. The zero-order chi connectivity index (χ0) is 16.8. The minimum absolute atomic E-state index is 0.0223. The molecule has 0 bridgehead atoms. The van der Waals surface area contributed by atoms with Crippen LogP contribution in [0.3, 0.4) is 0 Å². The Labute approximate surface area is 136 Å². The summed E-state index contributed by atoms with van der Waals surface area (Å²) in [5.74, 6) is -0.229. The summed E-state index contributed by atoms with van der Waals surface area (Å²) in [5.41, 5.74) is 1.15. The van der Waals surface area contributed by atoms with E-state index in [4.69, 9.17) is 14.6 Å². The smallest absolute Gasteiger partial charge is 0.249 e. The molecule has 1 aromatic rings. The van der Waals surface area contributed by atoms with Gasteiger partial charge < -0.3 is 25.0 Å². The maximum Gasteiger partial charge on any atom is 0.249 e. The van der Waals surface area contributed by atoms with E-state index < -0.39 is 24.4 Å². The van der Waals surface area contributed by atoms with E-state index in [9.17, 15) is 9.90 Å². The highest BCUT2D eigenvalue weighted by Crippen LogP contribution is 2.18. The molecule has 0 aliphatic carbocycles. The fourth-order valence-corrected chi connectivity index (χ4v) is 2.64. The lowest BCUT2D eigenvalue weighted by atomic mass is 10.1.